The predicted octanol–water partition coefficient (Wildman–Crippen LogP) is 4.01. The van der Waals surface area contributed by atoms with Crippen LogP contribution in [0.15, 0.2) is 30.3 Å². The molecule has 0 N–H and O–H groups in total. The number of carbonyl (C=O) groups is 1. The van der Waals surface area contributed by atoms with Crippen LogP contribution in [0, 0.1) is 27.6 Å². The Morgan fingerprint density at radius 2 is 1.78 bits per heavy atom. The van der Waals surface area contributed by atoms with Crippen LogP contribution in [-0.4, -0.2) is 17.3 Å². The SMILES string of the molecule is O=C(C[N+](=O)[O-])c1ccccc1Oc1cc(Cl)c(F)c(F)c1F. The quantitative estimate of drug-likeness (QED) is 0.270. The third-order valence-electron chi connectivity index (χ3n) is 2.75. The lowest BCUT2D eigenvalue weighted by Crippen LogP contribution is -2.14. The first-order valence-electron chi connectivity index (χ1n) is 6.06. The Morgan fingerprint density at radius 1 is 1.13 bits per heavy atom. The molecule has 0 aliphatic carbocycles. The number of carbonyl (C=O) groups excluding carboxylic acids is 1. The second-order valence-corrected chi connectivity index (χ2v) is 4.72. The third kappa shape index (κ3) is 3.59. The van der Waals surface area contributed by atoms with E-state index in [1.807, 2.05) is 0 Å². The summed E-state index contributed by atoms with van der Waals surface area (Å²) in [5.74, 6) is -6.94. The summed E-state index contributed by atoms with van der Waals surface area (Å²) in [6.45, 7) is -0.999. The van der Waals surface area contributed by atoms with Crippen molar-refractivity contribution in [2.24, 2.45) is 0 Å². The molecule has 0 saturated carbocycles. The summed E-state index contributed by atoms with van der Waals surface area (Å²) < 4.78 is 45.2. The molecule has 9 heteroatoms. The first-order chi connectivity index (χ1) is 10.8. The molecule has 0 radical (unpaired) electrons. The number of hydrogen-bond donors (Lipinski definition) is 0. The molecule has 0 heterocycles. The second kappa shape index (κ2) is 6.66. The monoisotopic (exact) mass is 345 g/mol. The Morgan fingerprint density at radius 3 is 2.43 bits per heavy atom. The number of nitro groups is 1. The van der Waals surface area contributed by atoms with Crippen LogP contribution >= 0.6 is 11.6 Å². The highest BCUT2D eigenvalue weighted by Gasteiger charge is 2.22. The van der Waals surface area contributed by atoms with Gasteiger partial charge in [-0.25, -0.2) is 8.78 Å². The molecule has 0 aromatic heterocycles. The Balaban J connectivity index is 2.42. The van der Waals surface area contributed by atoms with E-state index in [1.54, 1.807) is 0 Å². The van der Waals surface area contributed by atoms with Gasteiger partial charge in [-0.1, -0.05) is 23.7 Å². The van der Waals surface area contributed by atoms with Crippen LogP contribution in [0.2, 0.25) is 5.02 Å². The Hall–Kier alpha value is -2.61. The first-order valence-corrected chi connectivity index (χ1v) is 6.44. The minimum Gasteiger partial charge on any atom is -0.453 e. The van der Waals surface area contributed by atoms with Crippen molar-refractivity contribution in [3.05, 3.63) is 68.5 Å². The zero-order valence-electron chi connectivity index (χ0n) is 11.2. The fourth-order valence-corrected chi connectivity index (χ4v) is 1.91. The summed E-state index contributed by atoms with van der Waals surface area (Å²) >= 11 is 5.41. The largest absolute Gasteiger partial charge is 0.453 e. The smallest absolute Gasteiger partial charge is 0.265 e. The van der Waals surface area contributed by atoms with Gasteiger partial charge in [-0.3, -0.25) is 14.9 Å². The van der Waals surface area contributed by atoms with E-state index in [4.69, 9.17) is 16.3 Å². The van der Waals surface area contributed by atoms with Gasteiger partial charge < -0.3 is 4.74 Å². The van der Waals surface area contributed by atoms with Crippen LogP contribution in [0.1, 0.15) is 10.4 Å². The van der Waals surface area contributed by atoms with E-state index in [-0.39, 0.29) is 11.3 Å². The molecule has 0 amide bonds. The Labute approximate surface area is 132 Å². The van der Waals surface area contributed by atoms with E-state index in [1.165, 1.54) is 24.3 Å². The lowest BCUT2D eigenvalue weighted by molar-refractivity contribution is -0.465. The molecule has 0 unspecified atom stereocenters. The summed E-state index contributed by atoms with van der Waals surface area (Å²) in [7, 11) is 0. The first kappa shape index (κ1) is 16.8. The van der Waals surface area contributed by atoms with Gasteiger partial charge in [-0.15, -0.1) is 0 Å². The number of para-hydroxylation sites is 1. The van der Waals surface area contributed by atoms with E-state index in [0.29, 0.717) is 6.07 Å². The molecule has 0 atom stereocenters. The summed E-state index contributed by atoms with van der Waals surface area (Å²) in [6, 6.07) is 5.97. The van der Waals surface area contributed by atoms with Gasteiger partial charge in [0.15, 0.2) is 17.4 Å². The second-order valence-electron chi connectivity index (χ2n) is 4.31. The van der Waals surface area contributed by atoms with Crippen molar-refractivity contribution < 1.29 is 27.6 Å². The van der Waals surface area contributed by atoms with Gasteiger partial charge in [-0.05, 0) is 12.1 Å². The van der Waals surface area contributed by atoms with Crippen LogP contribution < -0.4 is 4.74 Å². The van der Waals surface area contributed by atoms with Gasteiger partial charge in [0, 0.05) is 11.0 Å². The standard InChI is InChI=1S/C14H7ClF3NO4/c15-8-5-11(13(17)14(18)12(8)16)23-10-4-2-1-3-7(10)9(20)6-19(21)22/h1-5H,6H2. The number of hydrogen-bond acceptors (Lipinski definition) is 4. The van der Waals surface area contributed by atoms with E-state index < -0.39 is 45.5 Å². The van der Waals surface area contributed by atoms with E-state index in [0.717, 1.165) is 0 Å². The van der Waals surface area contributed by atoms with Crippen molar-refractivity contribution >= 4 is 17.4 Å². The van der Waals surface area contributed by atoms with Gasteiger partial charge >= 0.3 is 0 Å². The van der Waals surface area contributed by atoms with Gasteiger partial charge in [0.2, 0.25) is 11.6 Å². The minimum atomic E-state index is -1.83. The van der Waals surface area contributed by atoms with Crippen LogP contribution in [0.3, 0.4) is 0 Å². The van der Waals surface area contributed by atoms with Gasteiger partial charge in [0.1, 0.15) is 5.75 Å². The van der Waals surface area contributed by atoms with Crippen LogP contribution in [-0.2, 0) is 0 Å². The van der Waals surface area contributed by atoms with E-state index in [2.05, 4.69) is 0 Å². The molecule has 120 valence electrons. The van der Waals surface area contributed by atoms with E-state index >= 15 is 0 Å². The molecule has 0 fully saturated rings. The fourth-order valence-electron chi connectivity index (χ4n) is 1.73. The number of nitrogens with zero attached hydrogens (tertiary/aromatic N) is 1. The maximum absolute atomic E-state index is 13.7. The van der Waals surface area contributed by atoms with Gasteiger partial charge in [-0.2, -0.15) is 4.39 Å². The molecule has 0 saturated heterocycles. The van der Waals surface area contributed by atoms with Crippen LogP contribution in [0.4, 0.5) is 13.2 Å². The maximum atomic E-state index is 13.7. The molecule has 0 spiro atoms. The average molecular weight is 346 g/mol. The average Bonchev–Trinajstić information content (AvgIpc) is 2.50. The minimum absolute atomic E-state index is 0.204. The van der Waals surface area contributed by atoms with Gasteiger partial charge in [0.05, 0.1) is 10.6 Å². The van der Waals surface area contributed by atoms with Crippen molar-refractivity contribution in [1.82, 2.24) is 0 Å². The molecule has 2 aromatic carbocycles. The molecule has 0 aliphatic heterocycles. The lowest BCUT2D eigenvalue weighted by Gasteiger charge is -2.11. The van der Waals surface area contributed by atoms with Crippen molar-refractivity contribution in [2.75, 3.05) is 6.54 Å². The maximum Gasteiger partial charge on any atom is 0.265 e. The van der Waals surface area contributed by atoms with Gasteiger partial charge in [0.25, 0.3) is 6.54 Å². The highest BCUT2D eigenvalue weighted by Crippen LogP contribution is 2.33. The number of benzene rings is 2. The highest BCUT2D eigenvalue weighted by molar-refractivity contribution is 6.30. The van der Waals surface area contributed by atoms with Crippen molar-refractivity contribution in [3.8, 4) is 11.5 Å². The normalized spacial score (nSPS) is 10.4. The van der Waals surface area contributed by atoms with Crippen molar-refractivity contribution in [1.29, 1.82) is 0 Å². The zero-order chi connectivity index (χ0) is 17.1. The van der Waals surface area contributed by atoms with Crippen LogP contribution in [0.25, 0.3) is 0 Å². The predicted molar refractivity (Wildman–Crippen MR) is 74.0 cm³/mol. The summed E-state index contributed by atoms with van der Waals surface area (Å²) in [5, 5.41) is 9.69. The molecular weight excluding hydrogens is 339 g/mol. The van der Waals surface area contributed by atoms with Crippen molar-refractivity contribution in [2.45, 2.75) is 0 Å². The molecule has 0 aliphatic rings. The molecule has 2 rings (SSSR count). The number of halogens is 4. The topological polar surface area (TPSA) is 69.4 Å². The summed E-state index contributed by atoms with van der Waals surface area (Å²) in [6.07, 6.45) is 0. The Kier molecular flexibility index (Phi) is 4.85. The highest BCUT2D eigenvalue weighted by atomic mass is 35.5. The molecule has 5 nitrogen and oxygen atoms in total. The third-order valence-corrected chi connectivity index (χ3v) is 3.02. The lowest BCUT2D eigenvalue weighted by atomic mass is 10.1. The molecular formula is C14H7ClF3NO4. The summed E-state index contributed by atoms with van der Waals surface area (Å²) in [5.41, 5.74) is -0.204. The zero-order valence-corrected chi connectivity index (χ0v) is 11.9. The van der Waals surface area contributed by atoms with Crippen molar-refractivity contribution in [3.63, 3.8) is 0 Å². The number of ether oxygens (including phenoxy) is 1. The van der Waals surface area contributed by atoms with Crippen LogP contribution in [0.5, 0.6) is 11.5 Å². The fraction of sp³-hybridized carbons (Fsp3) is 0.0714. The number of rotatable bonds is 5. The van der Waals surface area contributed by atoms with E-state index in [9.17, 15) is 28.1 Å². The molecule has 0 bridgehead atoms. The summed E-state index contributed by atoms with van der Waals surface area (Å²) in [4.78, 5) is 21.3. The molecule has 23 heavy (non-hydrogen) atoms. The Bertz CT molecular complexity index is 798. The number of ketones is 1. The molecule has 2 aromatic rings. The number of Topliss-reactive ketones (excluding diaryl/α,β-unsaturated/α-hetero) is 1.